The van der Waals surface area contributed by atoms with E-state index in [1.54, 1.807) is 12.1 Å². The van der Waals surface area contributed by atoms with Crippen LogP contribution in [0.4, 0.5) is 0 Å². The normalized spacial score (nSPS) is 14.6. The van der Waals surface area contributed by atoms with Crippen molar-refractivity contribution in [2.24, 2.45) is 5.92 Å². The van der Waals surface area contributed by atoms with E-state index in [-0.39, 0.29) is 28.6 Å². The van der Waals surface area contributed by atoms with E-state index in [0.29, 0.717) is 23.8 Å². The van der Waals surface area contributed by atoms with Gasteiger partial charge in [-0.05, 0) is 42.7 Å². The summed E-state index contributed by atoms with van der Waals surface area (Å²) in [5.41, 5.74) is 0.528. The molecule has 0 unspecified atom stereocenters. The minimum Gasteiger partial charge on any atom is -0.507 e. The van der Waals surface area contributed by atoms with Crippen molar-refractivity contribution < 1.29 is 29.6 Å². The number of hydrogen-bond donors (Lipinski definition) is 3. The summed E-state index contributed by atoms with van der Waals surface area (Å²) in [6.45, 7) is 4.76. The van der Waals surface area contributed by atoms with Gasteiger partial charge in [0.1, 0.15) is 11.5 Å². The third-order valence-corrected chi connectivity index (χ3v) is 4.04. The number of hydrogen-bond acceptors (Lipinski definition) is 6. The molecule has 1 aliphatic rings. The average molecular weight is 356 g/mol. The highest BCUT2D eigenvalue weighted by molar-refractivity contribution is 6.15. The quantitative estimate of drug-likeness (QED) is 0.556. The van der Waals surface area contributed by atoms with Gasteiger partial charge in [-0.15, -0.1) is 0 Å². The molecule has 26 heavy (non-hydrogen) atoms. The molecule has 0 radical (unpaired) electrons. The lowest BCUT2D eigenvalue weighted by atomic mass is 10.1. The maximum Gasteiger partial charge on any atom is 0.232 e. The van der Waals surface area contributed by atoms with Crippen LogP contribution in [-0.4, -0.2) is 27.7 Å². The zero-order valence-electron chi connectivity index (χ0n) is 14.5. The van der Waals surface area contributed by atoms with E-state index in [1.807, 2.05) is 0 Å². The molecule has 0 atom stereocenters. The number of carbonyl (C=O) groups is 1. The van der Waals surface area contributed by atoms with Gasteiger partial charge in [0.15, 0.2) is 17.3 Å². The molecule has 0 aromatic heterocycles. The van der Waals surface area contributed by atoms with Crippen molar-refractivity contribution in [1.29, 1.82) is 0 Å². The Labute approximate surface area is 150 Å². The van der Waals surface area contributed by atoms with E-state index < -0.39 is 11.5 Å². The van der Waals surface area contributed by atoms with Crippen LogP contribution >= 0.6 is 0 Å². The monoisotopic (exact) mass is 356 g/mol. The van der Waals surface area contributed by atoms with Crippen molar-refractivity contribution in [3.8, 4) is 28.7 Å². The van der Waals surface area contributed by atoms with E-state index in [0.717, 1.165) is 6.42 Å². The van der Waals surface area contributed by atoms with Crippen molar-refractivity contribution in [3.63, 3.8) is 0 Å². The number of fused-ring (bicyclic) bond motifs is 1. The second-order valence-corrected chi connectivity index (χ2v) is 6.50. The van der Waals surface area contributed by atoms with Crippen LogP contribution in [-0.2, 0) is 0 Å². The Morgan fingerprint density at radius 2 is 1.88 bits per heavy atom. The fraction of sp³-hybridized carbons (Fsp3) is 0.250. The maximum atomic E-state index is 12.4. The number of aromatic hydroxyl groups is 3. The van der Waals surface area contributed by atoms with Crippen molar-refractivity contribution in [2.45, 2.75) is 20.3 Å². The molecule has 0 aliphatic carbocycles. The second kappa shape index (κ2) is 7.00. The molecule has 2 aromatic carbocycles. The first-order valence-corrected chi connectivity index (χ1v) is 8.32. The second-order valence-electron chi connectivity index (χ2n) is 6.50. The number of phenols is 3. The SMILES string of the molecule is CC(C)CCOc1ccc(/C=C2\Oc3c(ccc(O)c3O)C2=O)c(O)c1. The molecule has 2 aromatic rings. The Hall–Kier alpha value is -3.15. The van der Waals surface area contributed by atoms with Crippen LogP contribution in [0.15, 0.2) is 36.1 Å². The van der Waals surface area contributed by atoms with E-state index >= 15 is 0 Å². The zero-order valence-corrected chi connectivity index (χ0v) is 14.5. The molecule has 0 saturated carbocycles. The van der Waals surface area contributed by atoms with Gasteiger partial charge in [0.25, 0.3) is 0 Å². The molecule has 6 nitrogen and oxygen atoms in total. The van der Waals surface area contributed by atoms with Crippen molar-refractivity contribution in [3.05, 3.63) is 47.2 Å². The Morgan fingerprint density at radius 1 is 1.12 bits per heavy atom. The number of ether oxygens (including phenoxy) is 2. The molecule has 3 rings (SSSR count). The Kier molecular flexibility index (Phi) is 4.75. The summed E-state index contributed by atoms with van der Waals surface area (Å²) in [5, 5.41) is 29.5. The van der Waals surface area contributed by atoms with Crippen LogP contribution in [0.1, 0.15) is 36.2 Å². The van der Waals surface area contributed by atoms with E-state index in [1.165, 1.54) is 24.3 Å². The molecule has 1 heterocycles. The first-order chi connectivity index (χ1) is 12.4. The standard InChI is InChI=1S/C20H20O6/c1-11(2)7-8-25-13-4-3-12(16(22)10-13)9-17-18(23)14-5-6-15(21)19(24)20(14)26-17/h3-6,9-11,21-22,24H,7-8H2,1-2H3/b17-9-. The number of allylic oxidation sites excluding steroid dienone is 1. The summed E-state index contributed by atoms with van der Waals surface area (Å²) in [7, 11) is 0. The first-order valence-electron chi connectivity index (χ1n) is 8.32. The van der Waals surface area contributed by atoms with Crippen LogP contribution < -0.4 is 9.47 Å². The number of ketones is 1. The molecule has 0 bridgehead atoms. The van der Waals surface area contributed by atoms with Crippen molar-refractivity contribution in [2.75, 3.05) is 6.61 Å². The summed E-state index contributed by atoms with van der Waals surface area (Å²) >= 11 is 0. The highest BCUT2D eigenvalue weighted by Crippen LogP contribution is 2.44. The molecular formula is C20H20O6. The van der Waals surface area contributed by atoms with E-state index in [2.05, 4.69) is 13.8 Å². The predicted octanol–water partition coefficient (Wildman–Crippen LogP) is 3.84. The fourth-order valence-electron chi connectivity index (χ4n) is 2.52. The van der Waals surface area contributed by atoms with Gasteiger partial charge >= 0.3 is 0 Å². The van der Waals surface area contributed by atoms with Crippen LogP contribution in [0.2, 0.25) is 0 Å². The van der Waals surface area contributed by atoms with Gasteiger partial charge in [-0.2, -0.15) is 0 Å². The Balaban J connectivity index is 1.80. The number of Topliss-reactive ketones (excluding diaryl/α,β-unsaturated/α-hetero) is 1. The number of benzene rings is 2. The van der Waals surface area contributed by atoms with Crippen molar-refractivity contribution in [1.82, 2.24) is 0 Å². The van der Waals surface area contributed by atoms with Crippen LogP contribution in [0, 0.1) is 5.92 Å². The smallest absolute Gasteiger partial charge is 0.232 e. The minimum absolute atomic E-state index is 0.0512. The van der Waals surface area contributed by atoms with Crippen LogP contribution in [0.25, 0.3) is 6.08 Å². The summed E-state index contributed by atoms with van der Waals surface area (Å²) in [6, 6.07) is 7.38. The van der Waals surface area contributed by atoms with Crippen LogP contribution in [0.5, 0.6) is 28.7 Å². The molecule has 3 N–H and O–H groups in total. The first kappa shape index (κ1) is 17.7. The number of rotatable bonds is 5. The van der Waals surface area contributed by atoms with Crippen LogP contribution in [0.3, 0.4) is 0 Å². The van der Waals surface area contributed by atoms with E-state index in [4.69, 9.17) is 9.47 Å². The molecular weight excluding hydrogens is 336 g/mol. The molecule has 0 amide bonds. The predicted molar refractivity (Wildman–Crippen MR) is 95.8 cm³/mol. The molecule has 0 saturated heterocycles. The number of phenolic OH excluding ortho intramolecular Hbond substituents is 3. The number of carbonyl (C=O) groups excluding carboxylic acids is 1. The lowest BCUT2D eigenvalue weighted by Gasteiger charge is -2.09. The van der Waals surface area contributed by atoms with Gasteiger partial charge in [-0.1, -0.05) is 13.8 Å². The third kappa shape index (κ3) is 3.44. The summed E-state index contributed by atoms with van der Waals surface area (Å²) < 4.78 is 11.0. The fourth-order valence-corrected chi connectivity index (χ4v) is 2.52. The highest BCUT2D eigenvalue weighted by atomic mass is 16.5. The molecule has 0 spiro atoms. The third-order valence-electron chi connectivity index (χ3n) is 4.04. The van der Waals surface area contributed by atoms with Gasteiger partial charge in [-0.3, -0.25) is 4.79 Å². The lowest BCUT2D eigenvalue weighted by molar-refractivity contribution is 0.101. The van der Waals surface area contributed by atoms with Gasteiger partial charge in [0.2, 0.25) is 11.5 Å². The maximum absolute atomic E-state index is 12.4. The molecule has 6 heteroatoms. The zero-order chi connectivity index (χ0) is 18.8. The summed E-state index contributed by atoms with van der Waals surface area (Å²) in [6.07, 6.45) is 2.29. The molecule has 136 valence electrons. The van der Waals surface area contributed by atoms with E-state index in [9.17, 15) is 20.1 Å². The Morgan fingerprint density at radius 3 is 2.58 bits per heavy atom. The largest absolute Gasteiger partial charge is 0.507 e. The van der Waals surface area contributed by atoms with Gasteiger partial charge < -0.3 is 24.8 Å². The Bertz CT molecular complexity index is 882. The van der Waals surface area contributed by atoms with Crippen molar-refractivity contribution >= 4 is 11.9 Å². The lowest BCUT2D eigenvalue weighted by Crippen LogP contribution is -2.01. The average Bonchev–Trinajstić information content (AvgIpc) is 2.90. The summed E-state index contributed by atoms with van der Waals surface area (Å²) in [5.74, 6) is -0.434. The van der Waals surface area contributed by atoms with Gasteiger partial charge in [0, 0.05) is 11.6 Å². The topological polar surface area (TPSA) is 96.2 Å². The molecule has 1 aliphatic heterocycles. The minimum atomic E-state index is -0.489. The highest BCUT2D eigenvalue weighted by Gasteiger charge is 2.31. The molecule has 0 fully saturated rings. The summed E-state index contributed by atoms with van der Waals surface area (Å²) in [4.78, 5) is 12.4. The van der Waals surface area contributed by atoms with Gasteiger partial charge in [0.05, 0.1) is 12.2 Å². The van der Waals surface area contributed by atoms with Gasteiger partial charge in [-0.25, -0.2) is 0 Å².